The minimum absolute atomic E-state index is 0.00220. The van der Waals surface area contributed by atoms with Crippen LogP contribution in [0.2, 0.25) is 0 Å². The zero-order chi connectivity index (χ0) is 15.0. The van der Waals surface area contributed by atoms with E-state index in [4.69, 9.17) is 5.73 Å². The predicted molar refractivity (Wildman–Crippen MR) is 94.7 cm³/mol. The lowest BCUT2D eigenvalue weighted by atomic mass is 10.1. The number of nitrogens with two attached hydrogens (primary N) is 1. The number of carbonyl (C=O) groups excluding carboxylic acids is 1. The quantitative estimate of drug-likeness (QED) is 0.696. The molecule has 1 aliphatic heterocycles. The van der Waals surface area contributed by atoms with Crippen LogP contribution in [0.1, 0.15) is 5.56 Å². The van der Waals surface area contributed by atoms with E-state index < -0.39 is 0 Å². The minimum Gasteiger partial charge on any atom is -0.399 e. The van der Waals surface area contributed by atoms with E-state index >= 15 is 0 Å². The Balaban J connectivity index is 1.77. The van der Waals surface area contributed by atoms with E-state index in [9.17, 15) is 4.79 Å². The molecule has 2 aromatic carbocycles. The lowest BCUT2D eigenvalue weighted by molar-refractivity contribution is -0.115. The van der Waals surface area contributed by atoms with Crippen LogP contribution in [-0.4, -0.2) is 11.2 Å². The Bertz CT molecular complexity index is 673. The molecule has 0 aromatic heterocycles. The van der Waals surface area contributed by atoms with Gasteiger partial charge in [0.15, 0.2) is 0 Å². The molecular weight excluding hydrogens is 416 g/mol. The van der Waals surface area contributed by atoms with Crippen molar-refractivity contribution in [2.75, 3.05) is 11.1 Å². The number of hydrogen-bond donors (Lipinski definition) is 2. The van der Waals surface area contributed by atoms with Crippen molar-refractivity contribution < 1.29 is 4.79 Å². The molecule has 0 saturated heterocycles. The number of nitrogen functional groups attached to an aromatic ring is 1. The van der Waals surface area contributed by atoms with Gasteiger partial charge in [-0.25, -0.2) is 0 Å². The van der Waals surface area contributed by atoms with Crippen LogP contribution in [0.15, 0.2) is 50.2 Å². The van der Waals surface area contributed by atoms with Crippen molar-refractivity contribution in [1.29, 1.82) is 0 Å². The first-order chi connectivity index (χ1) is 10.0. The second-order valence-corrected chi connectivity index (χ2v) is 7.72. The molecule has 2 aromatic rings. The van der Waals surface area contributed by atoms with Crippen molar-refractivity contribution in [3.05, 3.63) is 50.9 Å². The van der Waals surface area contributed by atoms with Gasteiger partial charge in [0.05, 0.1) is 10.9 Å². The van der Waals surface area contributed by atoms with E-state index in [1.165, 1.54) is 10.5 Å². The Morgan fingerprint density at radius 3 is 2.57 bits per heavy atom. The molecule has 3 N–H and O–H groups in total. The molecule has 1 aliphatic rings. The number of anilines is 2. The lowest BCUT2D eigenvalue weighted by Crippen LogP contribution is -2.25. The summed E-state index contributed by atoms with van der Waals surface area (Å²) in [5, 5.41) is 2.88. The summed E-state index contributed by atoms with van der Waals surface area (Å²) in [6.07, 6.45) is 0.761. The fourth-order valence-corrected chi connectivity index (χ4v) is 4.86. The van der Waals surface area contributed by atoms with Crippen molar-refractivity contribution in [3.63, 3.8) is 0 Å². The van der Waals surface area contributed by atoms with Crippen LogP contribution in [0.4, 0.5) is 11.4 Å². The number of nitrogens with one attached hydrogen (secondary N) is 1. The fourth-order valence-electron chi connectivity index (χ4n) is 2.24. The smallest absolute Gasteiger partial charge is 0.238 e. The fraction of sp³-hybridized carbons (Fsp3) is 0.133. The van der Waals surface area contributed by atoms with Crippen LogP contribution in [-0.2, 0) is 11.2 Å². The highest BCUT2D eigenvalue weighted by molar-refractivity contribution is 9.11. The molecule has 1 unspecified atom stereocenters. The number of benzene rings is 2. The summed E-state index contributed by atoms with van der Waals surface area (Å²) < 4.78 is 1.53. The maximum absolute atomic E-state index is 12.5. The zero-order valence-electron chi connectivity index (χ0n) is 10.9. The van der Waals surface area contributed by atoms with E-state index in [0.717, 1.165) is 15.4 Å². The Kier molecular flexibility index (Phi) is 4.28. The summed E-state index contributed by atoms with van der Waals surface area (Å²) in [5.74, 6) is 0.00220. The van der Waals surface area contributed by atoms with Crippen LogP contribution < -0.4 is 11.1 Å². The van der Waals surface area contributed by atoms with Gasteiger partial charge in [-0.05, 0) is 62.0 Å². The van der Waals surface area contributed by atoms with Gasteiger partial charge in [0, 0.05) is 19.5 Å². The average molecular weight is 428 g/mol. The molecular formula is C15H12Br2N2OS. The van der Waals surface area contributed by atoms with Gasteiger partial charge in [0.25, 0.3) is 0 Å². The summed E-state index contributed by atoms with van der Waals surface area (Å²) >= 11 is 8.47. The molecule has 0 fully saturated rings. The molecule has 3 rings (SSSR count). The number of fused-ring (bicyclic) bond motifs is 1. The first-order valence-corrected chi connectivity index (χ1v) is 8.81. The standard InChI is InChI=1S/C15H12Br2N2OS/c16-10-6-9(18)7-11(17)14(10)19-15(20)13-5-8-3-1-2-4-12(8)21-13/h1-4,6-7,13H,5,18H2,(H,19,20). The summed E-state index contributed by atoms with van der Waals surface area (Å²) in [5.41, 5.74) is 8.34. The predicted octanol–water partition coefficient (Wildman–Crippen LogP) is 4.45. The number of amides is 1. The molecule has 0 bridgehead atoms. The third-order valence-corrected chi connectivity index (χ3v) is 5.82. The molecule has 0 radical (unpaired) electrons. The SMILES string of the molecule is Nc1cc(Br)c(NC(=O)C2Cc3ccccc3S2)c(Br)c1. The molecule has 21 heavy (non-hydrogen) atoms. The van der Waals surface area contributed by atoms with Gasteiger partial charge < -0.3 is 11.1 Å². The highest BCUT2D eigenvalue weighted by Gasteiger charge is 2.28. The van der Waals surface area contributed by atoms with Gasteiger partial charge in [0.2, 0.25) is 5.91 Å². The lowest BCUT2D eigenvalue weighted by Gasteiger charge is -2.13. The van der Waals surface area contributed by atoms with Crippen molar-refractivity contribution in [1.82, 2.24) is 0 Å². The van der Waals surface area contributed by atoms with E-state index in [1.54, 1.807) is 23.9 Å². The third-order valence-electron chi connectivity index (χ3n) is 3.25. The largest absolute Gasteiger partial charge is 0.399 e. The van der Waals surface area contributed by atoms with E-state index in [-0.39, 0.29) is 11.2 Å². The summed E-state index contributed by atoms with van der Waals surface area (Å²) in [4.78, 5) is 13.7. The molecule has 1 heterocycles. The first-order valence-electron chi connectivity index (χ1n) is 6.34. The van der Waals surface area contributed by atoms with Crippen molar-refractivity contribution >= 4 is 60.9 Å². The van der Waals surface area contributed by atoms with Crippen molar-refractivity contribution in [2.45, 2.75) is 16.6 Å². The first kappa shape index (κ1) is 14.9. The van der Waals surface area contributed by atoms with Crippen LogP contribution in [0.5, 0.6) is 0 Å². The van der Waals surface area contributed by atoms with Crippen LogP contribution in [0, 0.1) is 0 Å². The number of carbonyl (C=O) groups is 1. The maximum Gasteiger partial charge on any atom is 0.238 e. The second-order valence-electron chi connectivity index (χ2n) is 4.77. The second kappa shape index (κ2) is 6.02. The van der Waals surface area contributed by atoms with Gasteiger partial charge in [-0.1, -0.05) is 18.2 Å². The number of thioether (sulfide) groups is 1. The molecule has 0 spiro atoms. The molecule has 6 heteroatoms. The van der Waals surface area contributed by atoms with Crippen LogP contribution in [0.3, 0.4) is 0 Å². The molecule has 0 aliphatic carbocycles. The summed E-state index contributed by atoms with van der Waals surface area (Å²) in [7, 11) is 0. The van der Waals surface area contributed by atoms with E-state index in [2.05, 4.69) is 49.3 Å². The van der Waals surface area contributed by atoms with Gasteiger partial charge in [-0.2, -0.15) is 0 Å². The minimum atomic E-state index is -0.0984. The summed E-state index contributed by atoms with van der Waals surface area (Å²) in [6, 6.07) is 11.7. The molecule has 0 saturated carbocycles. The molecule has 1 atom stereocenters. The Morgan fingerprint density at radius 2 is 1.90 bits per heavy atom. The zero-order valence-corrected chi connectivity index (χ0v) is 14.9. The van der Waals surface area contributed by atoms with Gasteiger partial charge >= 0.3 is 0 Å². The summed E-state index contributed by atoms with van der Waals surface area (Å²) in [6.45, 7) is 0. The highest BCUT2D eigenvalue weighted by Crippen LogP contribution is 2.39. The third kappa shape index (κ3) is 3.12. The molecule has 3 nitrogen and oxygen atoms in total. The molecule has 108 valence electrons. The van der Waals surface area contributed by atoms with Crippen molar-refractivity contribution in [2.24, 2.45) is 0 Å². The topological polar surface area (TPSA) is 55.1 Å². The Hall–Kier alpha value is -0.980. The number of halogens is 2. The van der Waals surface area contributed by atoms with E-state index in [0.29, 0.717) is 11.4 Å². The molecule has 1 amide bonds. The van der Waals surface area contributed by atoms with Crippen molar-refractivity contribution in [3.8, 4) is 0 Å². The van der Waals surface area contributed by atoms with E-state index in [1.807, 2.05) is 12.1 Å². The van der Waals surface area contributed by atoms with Gasteiger partial charge in [-0.3, -0.25) is 4.79 Å². The van der Waals surface area contributed by atoms with Gasteiger partial charge in [0.1, 0.15) is 0 Å². The van der Waals surface area contributed by atoms with Crippen LogP contribution in [0.25, 0.3) is 0 Å². The average Bonchev–Trinajstić information content (AvgIpc) is 2.86. The maximum atomic E-state index is 12.5. The van der Waals surface area contributed by atoms with Crippen LogP contribution >= 0.6 is 43.6 Å². The highest BCUT2D eigenvalue weighted by atomic mass is 79.9. The Labute approximate surface area is 143 Å². The Morgan fingerprint density at radius 1 is 1.24 bits per heavy atom. The number of hydrogen-bond acceptors (Lipinski definition) is 3. The monoisotopic (exact) mass is 426 g/mol. The number of rotatable bonds is 2. The normalized spacial score (nSPS) is 16.6. The van der Waals surface area contributed by atoms with Gasteiger partial charge in [-0.15, -0.1) is 11.8 Å².